The van der Waals surface area contributed by atoms with Crippen LogP contribution in [0.5, 0.6) is 5.75 Å². The molecule has 1 aromatic heterocycles. The minimum Gasteiger partial charge on any atom is -0.490 e. The first kappa shape index (κ1) is 13.6. The quantitative estimate of drug-likeness (QED) is 0.785. The SMILES string of the molecule is COc1c(Cl)ncnc1Nc1ccc(Br)cc1Br. The minimum atomic E-state index is 0.267. The first-order chi connectivity index (χ1) is 8.61. The highest BCUT2D eigenvalue weighted by atomic mass is 79.9. The zero-order valence-corrected chi connectivity index (χ0v) is 13.2. The number of nitrogens with zero attached hydrogens (tertiary/aromatic N) is 2. The lowest BCUT2D eigenvalue weighted by Gasteiger charge is -2.11. The smallest absolute Gasteiger partial charge is 0.199 e. The molecule has 0 radical (unpaired) electrons. The van der Waals surface area contributed by atoms with E-state index in [1.165, 1.54) is 13.4 Å². The van der Waals surface area contributed by atoms with Crippen molar-refractivity contribution in [2.75, 3.05) is 12.4 Å². The molecule has 0 amide bonds. The molecule has 0 spiro atoms. The van der Waals surface area contributed by atoms with Crippen LogP contribution in [0.1, 0.15) is 0 Å². The maximum Gasteiger partial charge on any atom is 0.199 e. The average Bonchev–Trinajstić information content (AvgIpc) is 2.33. The second-order valence-electron chi connectivity index (χ2n) is 3.30. The van der Waals surface area contributed by atoms with Gasteiger partial charge in [-0.15, -0.1) is 0 Å². The summed E-state index contributed by atoms with van der Waals surface area (Å²) >= 11 is 12.8. The van der Waals surface area contributed by atoms with Gasteiger partial charge in [0.15, 0.2) is 16.7 Å². The lowest BCUT2D eigenvalue weighted by atomic mass is 10.3. The van der Waals surface area contributed by atoms with Gasteiger partial charge in [0.1, 0.15) is 6.33 Å². The Morgan fingerprint density at radius 3 is 2.72 bits per heavy atom. The van der Waals surface area contributed by atoms with Crippen molar-refractivity contribution in [2.45, 2.75) is 0 Å². The van der Waals surface area contributed by atoms with Crippen LogP contribution in [0, 0.1) is 0 Å². The van der Waals surface area contributed by atoms with E-state index in [2.05, 4.69) is 47.1 Å². The van der Waals surface area contributed by atoms with Crippen LogP contribution < -0.4 is 10.1 Å². The molecule has 7 heteroatoms. The molecule has 0 saturated carbocycles. The summed E-state index contributed by atoms with van der Waals surface area (Å²) in [5.41, 5.74) is 0.853. The molecule has 0 atom stereocenters. The summed E-state index contributed by atoms with van der Waals surface area (Å²) in [6.45, 7) is 0. The molecule has 4 nitrogen and oxygen atoms in total. The predicted molar refractivity (Wildman–Crippen MR) is 78.7 cm³/mol. The molecule has 2 rings (SSSR count). The monoisotopic (exact) mass is 391 g/mol. The summed E-state index contributed by atoms with van der Waals surface area (Å²) in [4.78, 5) is 7.96. The van der Waals surface area contributed by atoms with Crippen molar-refractivity contribution in [1.82, 2.24) is 9.97 Å². The zero-order chi connectivity index (χ0) is 13.1. The molecule has 0 aliphatic heterocycles. The van der Waals surface area contributed by atoms with Crippen molar-refractivity contribution in [3.63, 3.8) is 0 Å². The van der Waals surface area contributed by atoms with E-state index in [9.17, 15) is 0 Å². The van der Waals surface area contributed by atoms with Gasteiger partial charge >= 0.3 is 0 Å². The third-order valence-electron chi connectivity index (χ3n) is 2.15. The molecule has 0 fully saturated rings. The van der Waals surface area contributed by atoms with Crippen LogP contribution in [0.2, 0.25) is 5.15 Å². The highest BCUT2D eigenvalue weighted by Crippen LogP contribution is 2.34. The Balaban J connectivity index is 2.37. The Bertz CT molecular complexity index is 580. The summed E-state index contributed by atoms with van der Waals surface area (Å²) in [5.74, 6) is 0.925. The second kappa shape index (κ2) is 5.86. The van der Waals surface area contributed by atoms with Crippen LogP contribution in [-0.2, 0) is 0 Å². The molecule has 1 heterocycles. The van der Waals surface area contributed by atoms with Gasteiger partial charge in [0.05, 0.1) is 12.8 Å². The van der Waals surface area contributed by atoms with Gasteiger partial charge in [-0.2, -0.15) is 0 Å². The Labute approximate surface area is 126 Å². The van der Waals surface area contributed by atoms with Gasteiger partial charge < -0.3 is 10.1 Å². The molecule has 0 bridgehead atoms. The van der Waals surface area contributed by atoms with Gasteiger partial charge in [-0.25, -0.2) is 9.97 Å². The predicted octanol–water partition coefficient (Wildman–Crippen LogP) is 4.41. The van der Waals surface area contributed by atoms with Gasteiger partial charge in [-0.05, 0) is 34.1 Å². The largest absolute Gasteiger partial charge is 0.490 e. The first-order valence-electron chi connectivity index (χ1n) is 4.88. The van der Waals surface area contributed by atoms with Crippen LogP contribution in [0.4, 0.5) is 11.5 Å². The molecule has 0 aliphatic rings. The van der Waals surface area contributed by atoms with Gasteiger partial charge in [-0.3, -0.25) is 0 Å². The fourth-order valence-electron chi connectivity index (χ4n) is 1.34. The van der Waals surface area contributed by atoms with Crippen molar-refractivity contribution in [3.05, 3.63) is 38.6 Å². The van der Waals surface area contributed by atoms with Gasteiger partial charge in [0.2, 0.25) is 0 Å². The van der Waals surface area contributed by atoms with Gasteiger partial charge in [0.25, 0.3) is 0 Å². The number of benzene rings is 1. The van der Waals surface area contributed by atoms with Crippen molar-refractivity contribution < 1.29 is 4.74 Å². The number of methoxy groups -OCH3 is 1. The highest BCUT2D eigenvalue weighted by molar-refractivity contribution is 9.11. The third kappa shape index (κ3) is 2.93. The Morgan fingerprint density at radius 2 is 2.06 bits per heavy atom. The molecule has 94 valence electrons. The van der Waals surface area contributed by atoms with E-state index in [4.69, 9.17) is 16.3 Å². The molecule has 0 saturated heterocycles. The third-order valence-corrected chi connectivity index (χ3v) is 3.57. The lowest BCUT2D eigenvalue weighted by Crippen LogP contribution is -1.99. The van der Waals surface area contributed by atoms with E-state index in [0.29, 0.717) is 11.6 Å². The highest BCUT2D eigenvalue weighted by Gasteiger charge is 2.11. The number of nitrogens with one attached hydrogen (secondary N) is 1. The standard InChI is InChI=1S/C11H8Br2ClN3O/c1-18-9-10(14)15-5-16-11(9)17-8-3-2-6(12)4-7(8)13/h2-5H,1H3,(H,15,16,17). The first-order valence-corrected chi connectivity index (χ1v) is 6.84. The Morgan fingerprint density at radius 1 is 1.28 bits per heavy atom. The average molecular weight is 393 g/mol. The van der Waals surface area contributed by atoms with Crippen LogP contribution in [0.15, 0.2) is 33.5 Å². The number of rotatable bonds is 3. The summed E-state index contributed by atoms with van der Waals surface area (Å²) < 4.78 is 7.04. The zero-order valence-electron chi connectivity index (χ0n) is 9.25. The molecule has 0 unspecified atom stereocenters. The van der Waals surface area contributed by atoms with E-state index in [-0.39, 0.29) is 5.15 Å². The summed E-state index contributed by atoms with van der Waals surface area (Å²) in [6, 6.07) is 5.75. The molecule has 1 aromatic carbocycles. The van der Waals surface area contributed by atoms with Crippen LogP contribution in [-0.4, -0.2) is 17.1 Å². The lowest BCUT2D eigenvalue weighted by molar-refractivity contribution is 0.413. The number of hydrogen-bond donors (Lipinski definition) is 1. The fourth-order valence-corrected chi connectivity index (χ4v) is 2.70. The van der Waals surface area contributed by atoms with Crippen molar-refractivity contribution in [2.24, 2.45) is 0 Å². The van der Waals surface area contributed by atoms with Gasteiger partial charge in [0, 0.05) is 8.95 Å². The van der Waals surface area contributed by atoms with Gasteiger partial charge in [-0.1, -0.05) is 27.5 Å². The molecular formula is C11H8Br2ClN3O. The van der Waals surface area contributed by atoms with Crippen LogP contribution in [0.25, 0.3) is 0 Å². The number of hydrogen-bond acceptors (Lipinski definition) is 4. The normalized spacial score (nSPS) is 10.2. The second-order valence-corrected chi connectivity index (χ2v) is 5.42. The number of anilines is 2. The molecular weight excluding hydrogens is 385 g/mol. The van der Waals surface area contributed by atoms with Crippen LogP contribution in [0.3, 0.4) is 0 Å². The van der Waals surface area contributed by atoms with Crippen molar-refractivity contribution in [3.8, 4) is 5.75 Å². The van der Waals surface area contributed by atoms with Crippen LogP contribution >= 0.6 is 43.5 Å². The summed E-state index contributed by atoms with van der Waals surface area (Å²) in [5, 5.41) is 3.40. The Kier molecular flexibility index (Phi) is 4.42. The maximum absolute atomic E-state index is 5.93. The maximum atomic E-state index is 5.93. The van der Waals surface area contributed by atoms with E-state index < -0.39 is 0 Å². The van der Waals surface area contributed by atoms with Crippen molar-refractivity contribution >= 4 is 55.0 Å². The topological polar surface area (TPSA) is 47.0 Å². The number of halogens is 3. The molecule has 18 heavy (non-hydrogen) atoms. The summed E-state index contributed by atoms with van der Waals surface area (Å²) in [6.07, 6.45) is 1.37. The Hall–Kier alpha value is -0.850. The summed E-state index contributed by atoms with van der Waals surface area (Å²) in [7, 11) is 1.52. The molecule has 0 aliphatic carbocycles. The van der Waals surface area contributed by atoms with E-state index >= 15 is 0 Å². The number of ether oxygens (including phenoxy) is 1. The fraction of sp³-hybridized carbons (Fsp3) is 0.0909. The molecule has 1 N–H and O–H groups in total. The molecule has 2 aromatic rings. The van der Waals surface area contributed by atoms with E-state index in [0.717, 1.165) is 14.6 Å². The van der Waals surface area contributed by atoms with E-state index in [1.807, 2.05) is 18.2 Å². The minimum absolute atomic E-state index is 0.267. The van der Waals surface area contributed by atoms with Crippen molar-refractivity contribution in [1.29, 1.82) is 0 Å². The number of aromatic nitrogens is 2. The van der Waals surface area contributed by atoms with E-state index in [1.54, 1.807) is 0 Å².